The number of carbonyl (C=O) groups is 1. The number of phosphoric ester groups is 1. The summed E-state index contributed by atoms with van der Waals surface area (Å²) < 4.78 is 37.5. The molecule has 0 spiro atoms. The zero-order valence-corrected chi connectivity index (χ0v) is 28.8. The van der Waals surface area contributed by atoms with Crippen LogP contribution in [0.3, 0.4) is 0 Å². The van der Waals surface area contributed by atoms with Crippen molar-refractivity contribution in [2.45, 2.75) is 55.5 Å². The fourth-order valence-electron chi connectivity index (χ4n) is 5.48. The van der Waals surface area contributed by atoms with Crippen molar-refractivity contribution in [3.05, 3.63) is 65.7 Å². The summed E-state index contributed by atoms with van der Waals surface area (Å²) in [6.45, 7) is 2.82. The Morgan fingerprint density at radius 2 is 1.82 bits per heavy atom. The van der Waals surface area contributed by atoms with Gasteiger partial charge in [-0.3, -0.25) is 47.4 Å². The van der Waals surface area contributed by atoms with Gasteiger partial charge in [-0.2, -0.15) is 0 Å². The molecule has 280 valence electrons. The number of ether oxygens (including phenoxy) is 2. The number of nitrogens with two attached hydrogens (primary N) is 2. The van der Waals surface area contributed by atoms with Crippen molar-refractivity contribution in [1.29, 1.82) is 0 Å². The Bertz CT molecular complexity index is 1730. The number of thioether (sulfide) groups is 1. The second kappa shape index (κ2) is 18.0. The molecule has 0 bridgehead atoms. The molecule has 4 rings (SSSR count). The molecule has 0 aromatic carbocycles. The Morgan fingerprint density at radius 3 is 2.48 bits per heavy atom. The van der Waals surface area contributed by atoms with E-state index in [1.807, 2.05) is 4.90 Å². The number of hydrogen-bond donors (Lipinski definition) is 8. The predicted molar refractivity (Wildman–Crippen MR) is 177 cm³/mol. The number of rotatable bonds is 18. The molecule has 0 saturated carbocycles. The maximum Gasteiger partial charge on any atom is 0.472 e. The summed E-state index contributed by atoms with van der Waals surface area (Å²) in [5.41, 5.74) is 8.53. The highest BCUT2D eigenvalue weighted by molar-refractivity contribution is 8.00. The number of aromatic nitrogens is 4. The molecule has 0 radical (unpaired) electrons. The number of hydrogen-bond acceptors (Lipinski definition) is 16. The third-order valence-corrected chi connectivity index (χ3v) is 10.3. The zero-order valence-electron chi connectivity index (χ0n) is 27.1. The van der Waals surface area contributed by atoms with Gasteiger partial charge in [0.2, 0.25) is 5.91 Å². The number of phosphoric acid groups is 1. The van der Waals surface area contributed by atoms with Gasteiger partial charge >= 0.3 is 19.2 Å². The normalized spacial score (nSPS) is 26.3. The van der Waals surface area contributed by atoms with Gasteiger partial charge in [0, 0.05) is 69.7 Å². The first-order valence-corrected chi connectivity index (χ1v) is 18.2. The number of aliphatic hydroxyl groups is 2. The number of amides is 1. The SMILES string of the molecule is Cc1cn([C@H]2C[C@H](O)[C@@H](COP(=O)(O)O[C@H]3[C@@H](SCC(=O)NCCN(CCN)CCN)[C@H](n4ccc(=O)[nH]c4=O)O[C@@H]3CO)O2)c(=O)[nH]c1=O. The number of nitrogens with zero attached hydrogens (tertiary/aromatic N) is 3. The van der Waals surface area contributed by atoms with Gasteiger partial charge < -0.3 is 41.4 Å². The fraction of sp³-hybridized carbons (Fsp3) is 0.667. The summed E-state index contributed by atoms with van der Waals surface area (Å²) in [6, 6.07) is 1.05. The lowest BCUT2D eigenvalue weighted by molar-refractivity contribution is -0.118. The third kappa shape index (κ3) is 10.3. The second-order valence-electron chi connectivity index (χ2n) is 11.6. The molecular weight excluding hydrogens is 707 g/mol. The smallest absolute Gasteiger partial charge is 0.394 e. The minimum Gasteiger partial charge on any atom is -0.394 e. The van der Waals surface area contributed by atoms with E-state index in [0.29, 0.717) is 32.7 Å². The van der Waals surface area contributed by atoms with Gasteiger partial charge in [-0.05, 0) is 6.92 Å². The van der Waals surface area contributed by atoms with E-state index in [2.05, 4.69) is 15.3 Å². The highest BCUT2D eigenvalue weighted by Gasteiger charge is 2.50. The molecular formula is C27H43N8O13PS. The number of nitrogens with one attached hydrogen (secondary N) is 3. The number of carbonyl (C=O) groups excluding carboxylic acids is 1. The molecule has 2 aliphatic rings. The van der Waals surface area contributed by atoms with E-state index >= 15 is 0 Å². The van der Waals surface area contributed by atoms with E-state index < -0.39 is 91.6 Å². The Kier molecular flexibility index (Phi) is 14.3. The minimum absolute atomic E-state index is 0.104. The summed E-state index contributed by atoms with van der Waals surface area (Å²) in [5, 5.41) is 22.3. The van der Waals surface area contributed by atoms with Gasteiger partial charge in [-0.1, -0.05) is 0 Å². The van der Waals surface area contributed by atoms with E-state index in [4.69, 9.17) is 30.0 Å². The van der Waals surface area contributed by atoms with Gasteiger partial charge in [0.1, 0.15) is 24.5 Å². The Labute approximate surface area is 288 Å². The number of aryl methyl sites for hydroxylation is 1. The van der Waals surface area contributed by atoms with E-state index in [-0.39, 0.29) is 24.3 Å². The van der Waals surface area contributed by atoms with Gasteiger partial charge in [0.05, 0.1) is 30.3 Å². The molecule has 8 atom stereocenters. The van der Waals surface area contributed by atoms with Crippen molar-refractivity contribution in [2.75, 3.05) is 58.2 Å². The number of H-pyrrole nitrogens is 2. The Hall–Kier alpha value is -2.99. The van der Waals surface area contributed by atoms with E-state index in [9.17, 15) is 43.6 Å². The monoisotopic (exact) mass is 750 g/mol. The lowest BCUT2D eigenvalue weighted by atomic mass is 10.2. The van der Waals surface area contributed by atoms with Crippen molar-refractivity contribution in [2.24, 2.45) is 11.5 Å². The van der Waals surface area contributed by atoms with E-state index in [1.165, 1.54) is 13.1 Å². The van der Waals surface area contributed by atoms with Crippen LogP contribution in [0.2, 0.25) is 0 Å². The molecule has 2 aromatic rings. The molecule has 1 unspecified atom stereocenters. The topological polar surface area (TPSA) is 309 Å². The summed E-state index contributed by atoms with van der Waals surface area (Å²) in [5.74, 6) is -0.644. The molecule has 50 heavy (non-hydrogen) atoms. The second-order valence-corrected chi connectivity index (χ2v) is 14.1. The quantitative estimate of drug-likeness (QED) is 0.0671. The number of aliphatic hydroxyl groups excluding tert-OH is 2. The predicted octanol–water partition coefficient (Wildman–Crippen LogP) is -4.13. The van der Waals surface area contributed by atoms with Crippen molar-refractivity contribution in [1.82, 2.24) is 29.3 Å². The molecule has 2 saturated heterocycles. The van der Waals surface area contributed by atoms with Crippen molar-refractivity contribution < 1.29 is 43.0 Å². The standard InChI is InChI=1S/C27H43N8O13PS/c1-15-11-35(27(42)32-24(15)40)21-10-16(37)18(46-21)13-45-49(43,44)48-22-17(12-36)47-25(34-6-2-19(38)31-26(34)41)23(22)50-14-20(39)30-5-9-33(7-3-28)8-4-29/h2,6,11,16-18,21-23,25,36-37H,3-5,7-10,12-14,28-29H2,1H3,(H,30,39)(H,43,44)(H,31,38,41)(H,32,40,42)/t16-,17+,18+,21+,22+,23+,25+/m0/s1. The van der Waals surface area contributed by atoms with Crippen molar-refractivity contribution >= 4 is 25.5 Å². The molecule has 23 heteroatoms. The van der Waals surface area contributed by atoms with Crippen molar-refractivity contribution in [3.63, 3.8) is 0 Å². The lowest BCUT2D eigenvalue weighted by Gasteiger charge is -2.26. The minimum atomic E-state index is -5.03. The molecule has 0 aliphatic carbocycles. The van der Waals surface area contributed by atoms with E-state index in [1.54, 1.807) is 0 Å². The highest BCUT2D eigenvalue weighted by Crippen LogP contribution is 2.51. The summed E-state index contributed by atoms with van der Waals surface area (Å²) >= 11 is 0.912. The first-order chi connectivity index (χ1) is 23.8. The maximum absolute atomic E-state index is 13.2. The fourth-order valence-corrected chi connectivity index (χ4v) is 7.76. The van der Waals surface area contributed by atoms with Crippen LogP contribution in [0.4, 0.5) is 0 Å². The molecule has 2 aromatic heterocycles. The van der Waals surface area contributed by atoms with Crippen LogP contribution in [-0.2, 0) is 27.9 Å². The number of aromatic amines is 2. The lowest BCUT2D eigenvalue weighted by Crippen LogP contribution is -2.41. The van der Waals surface area contributed by atoms with Gasteiger partial charge in [-0.25, -0.2) is 14.2 Å². The van der Waals surface area contributed by atoms with Crippen LogP contribution >= 0.6 is 19.6 Å². The van der Waals surface area contributed by atoms with Crippen molar-refractivity contribution in [3.8, 4) is 0 Å². The van der Waals surface area contributed by atoms with Gasteiger partial charge in [0.15, 0.2) is 6.23 Å². The molecule has 2 aliphatic heterocycles. The molecule has 2 fully saturated rings. The van der Waals surface area contributed by atoms with Crippen LogP contribution in [-0.4, -0.2) is 133 Å². The van der Waals surface area contributed by atoms with Crippen LogP contribution in [0.1, 0.15) is 24.4 Å². The Morgan fingerprint density at radius 1 is 1.12 bits per heavy atom. The van der Waals surface area contributed by atoms with E-state index in [0.717, 1.165) is 33.2 Å². The van der Waals surface area contributed by atoms with Crippen LogP contribution in [0.25, 0.3) is 0 Å². The molecule has 21 nitrogen and oxygen atoms in total. The van der Waals surface area contributed by atoms with Crippen LogP contribution in [0, 0.1) is 6.92 Å². The van der Waals surface area contributed by atoms with Gasteiger partial charge in [0.25, 0.3) is 11.1 Å². The highest BCUT2D eigenvalue weighted by atomic mass is 32.2. The molecule has 4 heterocycles. The first kappa shape index (κ1) is 39.8. The Balaban J connectivity index is 1.45. The van der Waals surface area contributed by atoms with Crippen LogP contribution < -0.4 is 39.3 Å². The van der Waals surface area contributed by atoms with Gasteiger partial charge in [-0.15, -0.1) is 11.8 Å². The summed E-state index contributed by atoms with van der Waals surface area (Å²) in [6.07, 6.45) is -5.16. The largest absolute Gasteiger partial charge is 0.472 e. The zero-order chi connectivity index (χ0) is 36.6. The third-order valence-electron chi connectivity index (χ3n) is 7.96. The molecule has 10 N–H and O–H groups in total. The average Bonchev–Trinajstić information content (AvgIpc) is 3.59. The summed E-state index contributed by atoms with van der Waals surface area (Å²) in [4.78, 5) is 78.2. The average molecular weight is 751 g/mol. The van der Waals surface area contributed by atoms with Crippen LogP contribution in [0.15, 0.2) is 37.6 Å². The summed E-state index contributed by atoms with van der Waals surface area (Å²) in [7, 11) is -5.03. The van der Waals surface area contributed by atoms with Crippen LogP contribution in [0.5, 0.6) is 0 Å². The maximum atomic E-state index is 13.2. The first-order valence-electron chi connectivity index (χ1n) is 15.7. The molecule has 1 amide bonds.